The van der Waals surface area contributed by atoms with E-state index < -0.39 is 7.12 Å². The minimum Gasteiger partial charge on any atom is -0.399 e. The van der Waals surface area contributed by atoms with Crippen molar-refractivity contribution in [3.8, 4) is 0 Å². The van der Waals surface area contributed by atoms with Crippen LogP contribution in [0.4, 0.5) is 0 Å². The number of rotatable bonds is 3. The summed E-state index contributed by atoms with van der Waals surface area (Å²) >= 11 is 0. The van der Waals surface area contributed by atoms with Crippen LogP contribution >= 0.6 is 0 Å². The predicted octanol–water partition coefficient (Wildman–Crippen LogP) is 2.59. The molecule has 3 nitrogen and oxygen atoms in total. The summed E-state index contributed by atoms with van der Waals surface area (Å²) in [6, 6.07) is 0. The molecule has 1 rings (SSSR count). The molecule has 17 heavy (non-hydrogen) atoms. The second kappa shape index (κ2) is 4.71. The van der Waals surface area contributed by atoms with Gasteiger partial charge >= 0.3 is 7.12 Å². The first kappa shape index (κ1) is 14.1. The van der Waals surface area contributed by atoms with Crippen molar-refractivity contribution in [2.45, 2.75) is 45.8 Å². The maximum atomic E-state index is 5.96. The fourth-order valence-corrected chi connectivity index (χ4v) is 1.60. The highest BCUT2D eigenvalue weighted by molar-refractivity contribution is 6.55. The van der Waals surface area contributed by atoms with Gasteiger partial charge in [0.1, 0.15) is 0 Å². The van der Waals surface area contributed by atoms with E-state index in [1.165, 1.54) is 0 Å². The lowest BCUT2D eigenvalue weighted by atomic mass is 9.76. The molecule has 4 heteroatoms. The molecule has 0 unspecified atom stereocenters. The summed E-state index contributed by atoms with van der Waals surface area (Å²) in [5.74, 6) is 0. The number of hydrogen-bond donors (Lipinski definition) is 1. The topological polar surface area (TPSA) is 44.5 Å². The van der Waals surface area contributed by atoms with Gasteiger partial charge in [0.2, 0.25) is 0 Å². The largest absolute Gasteiger partial charge is 0.496 e. The summed E-state index contributed by atoms with van der Waals surface area (Å²) in [7, 11) is -0.450. The first-order chi connectivity index (χ1) is 7.75. The molecule has 1 fully saturated rings. The van der Waals surface area contributed by atoms with Gasteiger partial charge in [0.05, 0.1) is 11.2 Å². The summed E-state index contributed by atoms with van der Waals surface area (Å²) in [4.78, 5) is 0. The Morgan fingerprint density at radius 1 is 1.18 bits per heavy atom. The van der Waals surface area contributed by atoms with Crippen molar-refractivity contribution in [2.24, 2.45) is 5.73 Å². The smallest absolute Gasteiger partial charge is 0.399 e. The van der Waals surface area contributed by atoms with E-state index in [9.17, 15) is 0 Å². The standard InChI is InChI=1S/C13H22BNO2/c1-7-9-11(15)10(8-2)14-16-12(3,4)13(5,6)17-14/h7-9H,2,15H2,1,3-6H3/b9-7-,11-10-. The third-order valence-corrected chi connectivity index (χ3v) is 3.41. The second-order valence-electron chi connectivity index (χ2n) is 5.20. The van der Waals surface area contributed by atoms with Crippen molar-refractivity contribution in [3.63, 3.8) is 0 Å². The first-order valence-corrected chi connectivity index (χ1v) is 5.85. The molecule has 94 valence electrons. The highest BCUT2D eigenvalue weighted by atomic mass is 16.7. The Hall–Kier alpha value is -0.995. The fourth-order valence-electron chi connectivity index (χ4n) is 1.60. The van der Waals surface area contributed by atoms with Crippen LogP contribution in [0.1, 0.15) is 34.6 Å². The molecule has 1 aliphatic rings. The zero-order chi connectivity index (χ0) is 13.3. The molecule has 0 atom stereocenters. The van der Waals surface area contributed by atoms with Gasteiger partial charge in [-0.25, -0.2) is 0 Å². The molecule has 1 heterocycles. The molecular formula is C13H22BNO2. The molecule has 1 saturated heterocycles. The van der Waals surface area contributed by atoms with Gasteiger partial charge in [-0.1, -0.05) is 18.7 Å². The molecule has 0 aliphatic carbocycles. The van der Waals surface area contributed by atoms with Crippen molar-refractivity contribution in [1.29, 1.82) is 0 Å². The predicted molar refractivity (Wildman–Crippen MR) is 72.3 cm³/mol. The van der Waals surface area contributed by atoms with Crippen LogP contribution in [0.25, 0.3) is 0 Å². The fraction of sp³-hybridized carbons (Fsp3) is 0.538. The molecule has 1 aliphatic heterocycles. The van der Waals surface area contributed by atoms with Crippen LogP contribution in [0, 0.1) is 0 Å². The van der Waals surface area contributed by atoms with Gasteiger partial charge in [0.15, 0.2) is 0 Å². The van der Waals surface area contributed by atoms with Crippen molar-refractivity contribution in [2.75, 3.05) is 0 Å². The number of allylic oxidation sites excluding steroid dienone is 4. The first-order valence-electron chi connectivity index (χ1n) is 5.85. The molecule has 2 N–H and O–H groups in total. The van der Waals surface area contributed by atoms with E-state index in [-0.39, 0.29) is 11.2 Å². The van der Waals surface area contributed by atoms with E-state index in [1.54, 1.807) is 6.08 Å². The summed E-state index contributed by atoms with van der Waals surface area (Å²) in [5, 5.41) is 0. The summed E-state index contributed by atoms with van der Waals surface area (Å²) in [5.41, 5.74) is 6.64. The Morgan fingerprint density at radius 3 is 2.00 bits per heavy atom. The van der Waals surface area contributed by atoms with Crippen LogP contribution in [-0.4, -0.2) is 18.3 Å². The van der Waals surface area contributed by atoms with E-state index in [0.717, 1.165) is 5.47 Å². The molecule has 0 aromatic rings. The highest BCUT2D eigenvalue weighted by Crippen LogP contribution is 2.38. The molecule has 0 radical (unpaired) electrons. The zero-order valence-electron chi connectivity index (χ0n) is 11.4. The van der Waals surface area contributed by atoms with Crippen molar-refractivity contribution < 1.29 is 9.31 Å². The number of nitrogens with two attached hydrogens (primary N) is 1. The molecule has 0 saturated carbocycles. The Balaban J connectivity index is 3.04. The summed E-state index contributed by atoms with van der Waals surface area (Å²) in [6.07, 6.45) is 5.39. The Morgan fingerprint density at radius 2 is 1.65 bits per heavy atom. The van der Waals surface area contributed by atoms with E-state index in [0.29, 0.717) is 5.70 Å². The lowest BCUT2D eigenvalue weighted by Crippen LogP contribution is -2.41. The maximum Gasteiger partial charge on any atom is 0.496 e. The molecule has 0 amide bonds. The van der Waals surface area contributed by atoms with E-state index in [4.69, 9.17) is 15.0 Å². The van der Waals surface area contributed by atoms with Gasteiger partial charge in [-0.15, -0.1) is 0 Å². The Bertz CT molecular complexity index is 354. The van der Waals surface area contributed by atoms with Crippen LogP contribution in [-0.2, 0) is 9.31 Å². The zero-order valence-corrected chi connectivity index (χ0v) is 11.4. The monoisotopic (exact) mass is 235 g/mol. The Kier molecular flexibility index (Phi) is 3.90. The molecule has 0 aromatic carbocycles. The van der Waals surface area contributed by atoms with Gasteiger partial charge in [0, 0.05) is 11.2 Å². The molecule has 0 spiro atoms. The van der Waals surface area contributed by atoms with Gasteiger partial charge < -0.3 is 15.0 Å². The normalized spacial score (nSPS) is 23.9. The van der Waals surface area contributed by atoms with E-state index in [1.807, 2.05) is 46.8 Å². The van der Waals surface area contributed by atoms with Gasteiger partial charge in [0.25, 0.3) is 0 Å². The number of hydrogen-bond acceptors (Lipinski definition) is 3. The highest BCUT2D eigenvalue weighted by Gasteiger charge is 2.52. The molecular weight excluding hydrogens is 213 g/mol. The van der Waals surface area contributed by atoms with Gasteiger partial charge in [-0.3, -0.25) is 0 Å². The summed E-state index contributed by atoms with van der Waals surface area (Å²) < 4.78 is 11.8. The lowest BCUT2D eigenvalue weighted by molar-refractivity contribution is 0.00578. The maximum absolute atomic E-state index is 5.96. The Labute approximate surface area is 105 Å². The van der Waals surface area contributed by atoms with Crippen LogP contribution in [0.15, 0.2) is 36.0 Å². The average molecular weight is 235 g/mol. The summed E-state index contributed by atoms with van der Waals surface area (Å²) in [6.45, 7) is 13.7. The van der Waals surface area contributed by atoms with Crippen LogP contribution in [0.5, 0.6) is 0 Å². The lowest BCUT2D eigenvalue weighted by Gasteiger charge is -2.32. The third kappa shape index (κ3) is 2.64. The average Bonchev–Trinajstić information content (AvgIpc) is 2.37. The van der Waals surface area contributed by atoms with E-state index in [2.05, 4.69) is 6.58 Å². The van der Waals surface area contributed by atoms with Gasteiger partial charge in [-0.2, -0.15) is 0 Å². The minimum atomic E-state index is -0.450. The van der Waals surface area contributed by atoms with Crippen LogP contribution in [0.3, 0.4) is 0 Å². The quantitative estimate of drug-likeness (QED) is 0.604. The second-order valence-corrected chi connectivity index (χ2v) is 5.20. The van der Waals surface area contributed by atoms with Crippen molar-refractivity contribution >= 4 is 7.12 Å². The molecule has 0 bridgehead atoms. The van der Waals surface area contributed by atoms with Crippen LogP contribution < -0.4 is 5.73 Å². The SMILES string of the molecule is C=C/C(B1OC(C)(C)C(C)(C)O1)=C(N)\C=C/C. The van der Waals surface area contributed by atoms with E-state index >= 15 is 0 Å². The van der Waals surface area contributed by atoms with Crippen LogP contribution in [0.2, 0.25) is 0 Å². The van der Waals surface area contributed by atoms with Crippen molar-refractivity contribution in [1.82, 2.24) is 0 Å². The van der Waals surface area contributed by atoms with Crippen molar-refractivity contribution in [3.05, 3.63) is 36.0 Å². The van der Waals surface area contributed by atoms with Gasteiger partial charge in [-0.05, 0) is 40.7 Å². The minimum absolute atomic E-state index is 0.359. The molecule has 0 aromatic heterocycles. The third-order valence-electron chi connectivity index (χ3n) is 3.41.